The fourth-order valence-corrected chi connectivity index (χ4v) is 5.20. The van der Waals surface area contributed by atoms with Crippen LogP contribution in [0.15, 0.2) is 65.6 Å². The fourth-order valence-electron chi connectivity index (χ4n) is 4.49. The summed E-state index contributed by atoms with van der Waals surface area (Å²) in [5, 5.41) is 4.22. The van der Waals surface area contributed by atoms with E-state index in [2.05, 4.69) is 39.1 Å². The first-order valence-corrected chi connectivity index (χ1v) is 11.0. The minimum Gasteiger partial charge on any atom is -0.346 e. The number of para-hydroxylation sites is 2. The maximum absolute atomic E-state index is 13.4. The van der Waals surface area contributed by atoms with Crippen molar-refractivity contribution < 1.29 is 4.79 Å². The number of carbonyl (C=O) groups is 1. The molecule has 0 bridgehead atoms. The minimum absolute atomic E-state index is 0.0328. The molecule has 1 unspecified atom stereocenters. The van der Waals surface area contributed by atoms with Gasteiger partial charge in [-0.2, -0.15) is 11.3 Å². The standard InChI is InChI=1S/C23H24N4OS/c1-25-19-8-3-2-7-18(19)24-23(25)20-9-6-13-27(20)22(28)15-21(17-10-14-29-16-17)26-11-4-5-12-26/h2-5,7-8,10-12,14,16,20-21H,6,9,13,15H2,1H3/t20-,21?/m0/s1. The number of aromatic nitrogens is 3. The Morgan fingerprint density at radius 2 is 2.03 bits per heavy atom. The number of imidazole rings is 1. The molecule has 5 rings (SSSR count). The van der Waals surface area contributed by atoms with Gasteiger partial charge in [-0.25, -0.2) is 4.98 Å². The van der Waals surface area contributed by atoms with Crippen molar-refractivity contribution in [3.63, 3.8) is 0 Å². The van der Waals surface area contributed by atoms with Crippen LogP contribution in [0.3, 0.4) is 0 Å². The van der Waals surface area contributed by atoms with Gasteiger partial charge < -0.3 is 14.0 Å². The highest BCUT2D eigenvalue weighted by Crippen LogP contribution is 2.35. The molecule has 6 heteroatoms. The predicted molar refractivity (Wildman–Crippen MR) is 116 cm³/mol. The molecular formula is C23H24N4OS. The van der Waals surface area contributed by atoms with Crippen molar-refractivity contribution in [2.75, 3.05) is 6.54 Å². The Hall–Kier alpha value is -2.86. The summed E-state index contributed by atoms with van der Waals surface area (Å²) in [5.74, 6) is 1.19. The molecule has 0 saturated carbocycles. The quantitative estimate of drug-likeness (QED) is 0.480. The summed E-state index contributed by atoms with van der Waals surface area (Å²) in [6.07, 6.45) is 6.54. The van der Waals surface area contributed by atoms with E-state index in [0.717, 1.165) is 36.2 Å². The molecule has 1 saturated heterocycles. The highest BCUT2D eigenvalue weighted by molar-refractivity contribution is 7.08. The van der Waals surface area contributed by atoms with Gasteiger partial charge in [-0.1, -0.05) is 12.1 Å². The lowest BCUT2D eigenvalue weighted by molar-refractivity contribution is -0.132. The van der Waals surface area contributed by atoms with Gasteiger partial charge in [0.2, 0.25) is 5.91 Å². The number of nitrogens with zero attached hydrogens (tertiary/aromatic N) is 4. The summed E-state index contributed by atoms with van der Waals surface area (Å²) in [6, 6.07) is 14.4. The zero-order valence-corrected chi connectivity index (χ0v) is 17.3. The largest absolute Gasteiger partial charge is 0.346 e. The van der Waals surface area contributed by atoms with Crippen molar-refractivity contribution in [1.82, 2.24) is 19.0 Å². The Morgan fingerprint density at radius 1 is 1.21 bits per heavy atom. The maximum atomic E-state index is 13.4. The van der Waals surface area contributed by atoms with Gasteiger partial charge in [0.1, 0.15) is 5.82 Å². The van der Waals surface area contributed by atoms with Crippen molar-refractivity contribution >= 4 is 28.3 Å². The first-order chi connectivity index (χ1) is 14.2. The van der Waals surface area contributed by atoms with Crippen LogP contribution in [0.2, 0.25) is 0 Å². The first-order valence-electron chi connectivity index (χ1n) is 10.1. The van der Waals surface area contributed by atoms with Gasteiger partial charge in [-0.05, 0) is 59.5 Å². The van der Waals surface area contributed by atoms with Gasteiger partial charge in [0.05, 0.1) is 29.5 Å². The Morgan fingerprint density at radius 3 is 2.79 bits per heavy atom. The second-order valence-electron chi connectivity index (χ2n) is 7.67. The van der Waals surface area contributed by atoms with Crippen LogP contribution >= 0.6 is 11.3 Å². The van der Waals surface area contributed by atoms with E-state index in [4.69, 9.17) is 4.98 Å². The number of amides is 1. The molecule has 5 nitrogen and oxygen atoms in total. The predicted octanol–water partition coefficient (Wildman–Crippen LogP) is 4.78. The first kappa shape index (κ1) is 18.2. The lowest BCUT2D eigenvalue weighted by atomic mass is 10.1. The van der Waals surface area contributed by atoms with Crippen LogP contribution in [-0.4, -0.2) is 31.5 Å². The van der Waals surface area contributed by atoms with E-state index < -0.39 is 0 Å². The van der Waals surface area contributed by atoms with Crippen molar-refractivity contribution in [3.05, 3.63) is 77.0 Å². The van der Waals surface area contributed by atoms with E-state index >= 15 is 0 Å². The van der Waals surface area contributed by atoms with Crippen LogP contribution in [0.25, 0.3) is 11.0 Å². The van der Waals surface area contributed by atoms with E-state index in [1.54, 1.807) is 11.3 Å². The summed E-state index contributed by atoms with van der Waals surface area (Å²) >= 11 is 1.67. The third-order valence-corrected chi connectivity index (χ3v) is 6.68. The Labute approximate surface area is 174 Å². The van der Waals surface area contributed by atoms with Crippen molar-refractivity contribution in [2.45, 2.75) is 31.3 Å². The SMILES string of the molecule is Cn1c([C@@H]2CCCN2C(=O)CC(c2ccsc2)n2cccc2)nc2ccccc21. The van der Waals surface area contributed by atoms with Gasteiger partial charge in [0, 0.05) is 26.0 Å². The number of likely N-dealkylation sites (tertiary alicyclic amines) is 1. The molecule has 4 aromatic rings. The molecule has 0 aliphatic carbocycles. The summed E-state index contributed by atoms with van der Waals surface area (Å²) in [6.45, 7) is 0.800. The molecule has 2 atom stereocenters. The zero-order chi connectivity index (χ0) is 19.8. The number of benzene rings is 1. The molecule has 0 spiro atoms. The second-order valence-corrected chi connectivity index (χ2v) is 8.45. The highest BCUT2D eigenvalue weighted by Gasteiger charge is 2.34. The van der Waals surface area contributed by atoms with Crippen LogP contribution < -0.4 is 0 Å². The smallest absolute Gasteiger partial charge is 0.225 e. The molecule has 3 aromatic heterocycles. The fraction of sp³-hybridized carbons (Fsp3) is 0.304. The molecule has 1 fully saturated rings. The van der Waals surface area contributed by atoms with Crippen LogP contribution in [0.1, 0.15) is 42.7 Å². The van der Waals surface area contributed by atoms with Crippen LogP contribution in [0, 0.1) is 0 Å². The maximum Gasteiger partial charge on any atom is 0.225 e. The van der Waals surface area contributed by atoms with E-state index in [1.165, 1.54) is 5.56 Å². The number of rotatable bonds is 5. The molecule has 0 radical (unpaired) electrons. The summed E-state index contributed by atoms with van der Waals surface area (Å²) < 4.78 is 4.29. The Balaban J connectivity index is 1.43. The van der Waals surface area contributed by atoms with Gasteiger partial charge in [0.15, 0.2) is 0 Å². The number of carbonyl (C=O) groups excluding carboxylic acids is 1. The van der Waals surface area contributed by atoms with E-state index in [1.807, 2.05) is 47.6 Å². The molecule has 1 aromatic carbocycles. The molecular weight excluding hydrogens is 380 g/mol. The molecule has 4 heterocycles. The lowest BCUT2D eigenvalue weighted by Gasteiger charge is -2.27. The number of aryl methyl sites for hydroxylation is 1. The van der Waals surface area contributed by atoms with Gasteiger partial charge >= 0.3 is 0 Å². The Bertz CT molecular complexity index is 1080. The van der Waals surface area contributed by atoms with Crippen molar-refractivity contribution in [2.24, 2.45) is 7.05 Å². The number of thiophene rings is 1. The monoisotopic (exact) mass is 404 g/mol. The second kappa shape index (κ2) is 7.52. The average molecular weight is 405 g/mol. The minimum atomic E-state index is 0.0328. The van der Waals surface area contributed by atoms with Gasteiger partial charge in [0.25, 0.3) is 0 Å². The normalized spacial score (nSPS) is 17.8. The van der Waals surface area contributed by atoms with Crippen LogP contribution in [-0.2, 0) is 11.8 Å². The van der Waals surface area contributed by atoms with Crippen molar-refractivity contribution in [3.8, 4) is 0 Å². The van der Waals surface area contributed by atoms with Gasteiger partial charge in [-0.15, -0.1) is 0 Å². The molecule has 1 aliphatic heterocycles. The van der Waals surface area contributed by atoms with E-state index in [-0.39, 0.29) is 18.0 Å². The van der Waals surface area contributed by atoms with E-state index in [9.17, 15) is 4.79 Å². The molecule has 148 valence electrons. The van der Waals surface area contributed by atoms with Gasteiger partial charge in [-0.3, -0.25) is 4.79 Å². The van der Waals surface area contributed by atoms with Crippen molar-refractivity contribution in [1.29, 1.82) is 0 Å². The highest BCUT2D eigenvalue weighted by atomic mass is 32.1. The zero-order valence-electron chi connectivity index (χ0n) is 16.4. The number of fused-ring (bicyclic) bond motifs is 1. The third-order valence-electron chi connectivity index (χ3n) is 5.98. The summed E-state index contributed by atoms with van der Waals surface area (Å²) in [7, 11) is 2.06. The average Bonchev–Trinajstić information content (AvgIpc) is 3.53. The topological polar surface area (TPSA) is 43.1 Å². The summed E-state index contributed by atoms with van der Waals surface area (Å²) in [4.78, 5) is 20.4. The Kier molecular flexibility index (Phi) is 4.72. The molecule has 0 N–H and O–H groups in total. The third kappa shape index (κ3) is 3.27. The lowest BCUT2D eigenvalue weighted by Crippen LogP contribution is -2.33. The molecule has 1 amide bonds. The van der Waals surface area contributed by atoms with E-state index in [0.29, 0.717) is 6.42 Å². The molecule has 29 heavy (non-hydrogen) atoms. The number of hydrogen-bond donors (Lipinski definition) is 0. The van der Waals surface area contributed by atoms with Crippen LogP contribution in [0.4, 0.5) is 0 Å². The molecule has 1 aliphatic rings. The number of hydrogen-bond acceptors (Lipinski definition) is 3. The summed E-state index contributed by atoms with van der Waals surface area (Å²) in [5.41, 5.74) is 3.30. The van der Waals surface area contributed by atoms with Crippen LogP contribution in [0.5, 0.6) is 0 Å².